The predicted molar refractivity (Wildman–Crippen MR) is 97.6 cm³/mol. The summed E-state index contributed by atoms with van der Waals surface area (Å²) >= 11 is 0. The highest BCUT2D eigenvalue weighted by Crippen LogP contribution is 2.29. The van der Waals surface area contributed by atoms with Crippen molar-refractivity contribution >= 4 is 22.6 Å². The van der Waals surface area contributed by atoms with Crippen LogP contribution in [0.5, 0.6) is 5.75 Å². The van der Waals surface area contributed by atoms with Crippen molar-refractivity contribution in [3.05, 3.63) is 82.9 Å². The second-order valence-corrected chi connectivity index (χ2v) is 6.13. The first-order valence-electron chi connectivity index (χ1n) is 8.15. The van der Waals surface area contributed by atoms with Crippen molar-refractivity contribution in [1.29, 1.82) is 0 Å². The number of rotatable bonds is 2. The molecule has 2 nitrogen and oxygen atoms in total. The molecule has 2 heteroatoms. The molecule has 0 radical (unpaired) electrons. The van der Waals surface area contributed by atoms with Crippen molar-refractivity contribution in [2.75, 3.05) is 7.11 Å². The predicted octanol–water partition coefficient (Wildman–Crippen LogP) is 5.06. The number of benzene rings is 3. The third-order valence-electron chi connectivity index (χ3n) is 4.63. The van der Waals surface area contributed by atoms with Gasteiger partial charge in [-0.3, -0.25) is 4.79 Å². The highest BCUT2D eigenvalue weighted by Gasteiger charge is 2.22. The average Bonchev–Trinajstić information content (AvgIpc) is 2.63. The van der Waals surface area contributed by atoms with Crippen LogP contribution in [-0.4, -0.2) is 12.9 Å². The number of carbonyl (C=O) groups is 1. The molecule has 3 aromatic rings. The van der Waals surface area contributed by atoms with Crippen LogP contribution in [0.2, 0.25) is 0 Å². The molecule has 0 amide bonds. The average molecular weight is 314 g/mol. The summed E-state index contributed by atoms with van der Waals surface area (Å²) in [5.74, 6) is 0.940. The number of methoxy groups -OCH3 is 1. The van der Waals surface area contributed by atoms with Gasteiger partial charge in [0.05, 0.1) is 7.11 Å². The molecule has 0 bridgehead atoms. The molecule has 0 aliphatic heterocycles. The van der Waals surface area contributed by atoms with Crippen molar-refractivity contribution in [2.24, 2.45) is 0 Å². The fourth-order valence-corrected chi connectivity index (χ4v) is 3.32. The van der Waals surface area contributed by atoms with Crippen molar-refractivity contribution < 1.29 is 9.53 Å². The van der Waals surface area contributed by atoms with Crippen LogP contribution < -0.4 is 4.74 Å². The zero-order valence-corrected chi connectivity index (χ0v) is 13.6. The van der Waals surface area contributed by atoms with Gasteiger partial charge < -0.3 is 4.74 Å². The van der Waals surface area contributed by atoms with Crippen LogP contribution in [0.1, 0.15) is 27.9 Å². The molecule has 0 atom stereocenters. The minimum Gasteiger partial charge on any atom is -0.497 e. The Morgan fingerprint density at radius 1 is 0.917 bits per heavy atom. The van der Waals surface area contributed by atoms with E-state index in [2.05, 4.69) is 30.3 Å². The van der Waals surface area contributed by atoms with Crippen LogP contribution in [0.3, 0.4) is 0 Å². The van der Waals surface area contributed by atoms with E-state index in [1.165, 1.54) is 10.8 Å². The molecule has 24 heavy (non-hydrogen) atoms. The number of ketones is 1. The van der Waals surface area contributed by atoms with Crippen LogP contribution in [0.15, 0.2) is 66.2 Å². The van der Waals surface area contributed by atoms with E-state index >= 15 is 0 Å². The minimum atomic E-state index is 0.132. The summed E-state index contributed by atoms with van der Waals surface area (Å²) in [7, 11) is 1.65. The number of allylic oxidation sites excluding steroid dienone is 1. The van der Waals surface area contributed by atoms with E-state index in [1.54, 1.807) is 7.11 Å². The molecule has 0 heterocycles. The summed E-state index contributed by atoms with van der Waals surface area (Å²) in [6.45, 7) is 0. The van der Waals surface area contributed by atoms with Crippen LogP contribution in [0.25, 0.3) is 16.8 Å². The third kappa shape index (κ3) is 2.61. The second kappa shape index (κ2) is 5.97. The van der Waals surface area contributed by atoms with Gasteiger partial charge in [-0.05, 0) is 65.1 Å². The van der Waals surface area contributed by atoms with E-state index in [9.17, 15) is 4.79 Å². The Bertz CT molecular complexity index is 967. The van der Waals surface area contributed by atoms with Crippen LogP contribution in [-0.2, 0) is 6.42 Å². The highest BCUT2D eigenvalue weighted by atomic mass is 16.5. The number of carbonyl (C=O) groups excluding carboxylic acids is 1. The molecule has 0 spiro atoms. The van der Waals surface area contributed by atoms with Gasteiger partial charge in [-0.2, -0.15) is 0 Å². The number of hydrogen-bond acceptors (Lipinski definition) is 2. The molecule has 0 saturated heterocycles. The molecule has 3 aromatic carbocycles. The van der Waals surface area contributed by atoms with Crippen molar-refractivity contribution in [1.82, 2.24) is 0 Å². The van der Waals surface area contributed by atoms with E-state index in [-0.39, 0.29) is 5.78 Å². The fraction of sp³-hybridized carbons (Fsp3) is 0.136. The lowest BCUT2D eigenvalue weighted by atomic mass is 9.86. The van der Waals surface area contributed by atoms with E-state index in [0.717, 1.165) is 40.9 Å². The minimum absolute atomic E-state index is 0.132. The summed E-state index contributed by atoms with van der Waals surface area (Å²) in [6, 6.07) is 20.3. The summed E-state index contributed by atoms with van der Waals surface area (Å²) in [5, 5.41) is 2.41. The molecule has 4 rings (SSSR count). The van der Waals surface area contributed by atoms with E-state index < -0.39 is 0 Å². The Kier molecular flexibility index (Phi) is 3.66. The zero-order valence-electron chi connectivity index (χ0n) is 13.6. The van der Waals surface area contributed by atoms with Gasteiger partial charge in [0.2, 0.25) is 0 Å². The topological polar surface area (TPSA) is 26.3 Å². The molecule has 0 aromatic heterocycles. The van der Waals surface area contributed by atoms with E-state index in [0.29, 0.717) is 0 Å². The maximum atomic E-state index is 12.8. The highest BCUT2D eigenvalue weighted by molar-refractivity contribution is 6.13. The Morgan fingerprint density at radius 3 is 2.58 bits per heavy atom. The van der Waals surface area contributed by atoms with Gasteiger partial charge in [-0.15, -0.1) is 0 Å². The number of fused-ring (bicyclic) bond motifs is 2. The third-order valence-corrected chi connectivity index (χ3v) is 4.63. The molecule has 0 N–H and O–H groups in total. The van der Waals surface area contributed by atoms with Crippen molar-refractivity contribution in [3.63, 3.8) is 0 Å². The molecule has 118 valence electrons. The smallest absolute Gasteiger partial charge is 0.189 e. The number of Topliss-reactive ketones (excluding diaryl/α,β-unsaturated/α-hetero) is 1. The summed E-state index contributed by atoms with van der Waals surface area (Å²) in [6.07, 6.45) is 3.67. The molecule has 0 saturated carbocycles. The van der Waals surface area contributed by atoms with Crippen LogP contribution in [0.4, 0.5) is 0 Å². The van der Waals surface area contributed by atoms with E-state index in [1.807, 2.05) is 36.4 Å². The first kappa shape index (κ1) is 14.7. The molecule has 1 aliphatic carbocycles. The van der Waals surface area contributed by atoms with Crippen LogP contribution in [0, 0.1) is 0 Å². The molecule has 1 aliphatic rings. The second-order valence-electron chi connectivity index (χ2n) is 6.13. The van der Waals surface area contributed by atoms with Gasteiger partial charge in [0, 0.05) is 11.1 Å². The lowest BCUT2D eigenvalue weighted by Crippen LogP contribution is -2.14. The lowest BCUT2D eigenvalue weighted by Gasteiger charge is -2.18. The number of hydrogen-bond donors (Lipinski definition) is 0. The molecular weight excluding hydrogens is 296 g/mol. The summed E-state index contributed by atoms with van der Waals surface area (Å²) in [5.41, 5.74) is 3.83. The van der Waals surface area contributed by atoms with Gasteiger partial charge in [0.15, 0.2) is 5.78 Å². The fourth-order valence-electron chi connectivity index (χ4n) is 3.32. The maximum Gasteiger partial charge on any atom is 0.189 e. The monoisotopic (exact) mass is 314 g/mol. The van der Waals surface area contributed by atoms with Gasteiger partial charge in [-0.1, -0.05) is 36.4 Å². The zero-order chi connectivity index (χ0) is 16.5. The summed E-state index contributed by atoms with van der Waals surface area (Å²) < 4.78 is 5.25. The Labute approximate surface area is 141 Å². The van der Waals surface area contributed by atoms with Crippen LogP contribution >= 0.6 is 0 Å². The lowest BCUT2D eigenvalue weighted by molar-refractivity contribution is 0.102. The van der Waals surface area contributed by atoms with Gasteiger partial charge >= 0.3 is 0 Å². The summed E-state index contributed by atoms with van der Waals surface area (Å²) in [4.78, 5) is 12.8. The standard InChI is InChI=1S/C22H18O2/c1-24-20-10-11-21-18(14-20)8-9-19(22(21)23)13-15-6-7-16-4-2-3-5-17(16)12-15/h2-7,10-14H,8-9H2,1H3/b19-13-. The van der Waals surface area contributed by atoms with Gasteiger partial charge in [0.1, 0.15) is 5.75 Å². The SMILES string of the molecule is COc1ccc2c(c1)CC/C(=C/c1ccc3ccccc3c1)C2=O. The Balaban J connectivity index is 1.70. The first-order valence-corrected chi connectivity index (χ1v) is 8.15. The first-order chi connectivity index (χ1) is 11.7. The molecule has 0 unspecified atom stereocenters. The van der Waals surface area contributed by atoms with Crippen molar-refractivity contribution in [3.8, 4) is 5.75 Å². The normalized spacial score (nSPS) is 15.5. The van der Waals surface area contributed by atoms with Crippen molar-refractivity contribution in [2.45, 2.75) is 12.8 Å². The quantitative estimate of drug-likeness (QED) is 0.618. The number of aryl methyl sites for hydroxylation is 1. The van der Waals surface area contributed by atoms with Gasteiger partial charge in [-0.25, -0.2) is 0 Å². The van der Waals surface area contributed by atoms with Gasteiger partial charge in [0.25, 0.3) is 0 Å². The number of ether oxygens (including phenoxy) is 1. The Morgan fingerprint density at radius 2 is 1.75 bits per heavy atom. The molecule has 0 fully saturated rings. The van der Waals surface area contributed by atoms with E-state index in [4.69, 9.17) is 4.74 Å². The molecular formula is C22H18O2. The largest absolute Gasteiger partial charge is 0.497 e. The Hall–Kier alpha value is -2.87. The maximum absolute atomic E-state index is 12.8.